The quantitative estimate of drug-likeness (QED) is 0.740. The second kappa shape index (κ2) is 8.94. The molecule has 3 nitrogen and oxygen atoms in total. The monoisotopic (exact) mass is 265 g/mol. The van der Waals surface area contributed by atoms with E-state index in [4.69, 9.17) is 9.47 Å². The number of hydrogen-bond donors (Lipinski definition) is 1. The first kappa shape index (κ1) is 16.0. The second-order valence-electron chi connectivity index (χ2n) is 4.74. The third kappa shape index (κ3) is 5.21. The predicted octanol–water partition coefficient (Wildman–Crippen LogP) is 3.55. The number of ether oxygens (including phenoxy) is 2. The first-order valence-corrected chi connectivity index (χ1v) is 7.23. The second-order valence-corrected chi connectivity index (χ2v) is 4.74. The van der Waals surface area contributed by atoms with Gasteiger partial charge < -0.3 is 14.8 Å². The normalized spacial score (nSPS) is 14.1. The molecule has 2 atom stereocenters. The van der Waals surface area contributed by atoms with Gasteiger partial charge in [0.25, 0.3) is 0 Å². The van der Waals surface area contributed by atoms with E-state index in [1.165, 1.54) is 0 Å². The Morgan fingerprint density at radius 3 is 2.58 bits per heavy atom. The Kier molecular flexibility index (Phi) is 7.53. The van der Waals surface area contributed by atoms with Crippen LogP contribution in [0.25, 0.3) is 0 Å². The van der Waals surface area contributed by atoms with Crippen molar-refractivity contribution < 1.29 is 9.47 Å². The van der Waals surface area contributed by atoms with Crippen LogP contribution in [0.1, 0.15) is 45.2 Å². The van der Waals surface area contributed by atoms with E-state index in [-0.39, 0.29) is 6.04 Å². The van der Waals surface area contributed by atoms with E-state index in [2.05, 4.69) is 25.2 Å². The van der Waals surface area contributed by atoms with Crippen molar-refractivity contribution in [2.24, 2.45) is 0 Å². The number of rotatable bonds is 9. The van der Waals surface area contributed by atoms with E-state index in [1.807, 2.05) is 32.2 Å². The molecule has 0 fully saturated rings. The van der Waals surface area contributed by atoms with Crippen LogP contribution in [-0.2, 0) is 4.74 Å². The van der Waals surface area contributed by atoms with Gasteiger partial charge in [-0.1, -0.05) is 31.5 Å². The van der Waals surface area contributed by atoms with Gasteiger partial charge in [0.1, 0.15) is 5.75 Å². The molecule has 1 aromatic carbocycles. The minimum Gasteiger partial charge on any atom is -0.494 e. The maximum Gasteiger partial charge on any atom is 0.124 e. The van der Waals surface area contributed by atoms with E-state index in [0.717, 1.165) is 24.2 Å². The standard InChI is InChI=1S/C16H27NO2/c1-5-9-13(3)19-12-15(17-4)14-10-7-8-11-16(14)18-6-2/h7-8,10-11,13,15,17H,5-6,9,12H2,1-4H3. The molecular weight excluding hydrogens is 238 g/mol. The van der Waals surface area contributed by atoms with Gasteiger partial charge in [-0.15, -0.1) is 0 Å². The van der Waals surface area contributed by atoms with Crippen molar-refractivity contribution in [3.05, 3.63) is 29.8 Å². The Labute approximate surface area is 117 Å². The molecule has 2 unspecified atom stereocenters. The molecule has 0 bridgehead atoms. The number of nitrogens with one attached hydrogen (secondary N) is 1. The maximum absolute atomic E-state index is 5.90. The first-order valence-electron chi connectivity index (χ1n) is 7.23. The fourth-order valence-corrected chi connectivity index (χ4v) is 2.13. The first-order chi connectivity index (χ1) is 9.22. The number of para-hydroxylation sites is 1. The predicted molar refractivity (Wildman–Crippen MR) is 79.7 cm³/mol. The van der Waals surface area contributed by atoms with Crippen LogP contribution in [0.5, 0.6) is 5.75 Å². The van der Waals surface area contributed by atoms with Crippen LogP contribution in [-0.4, -0.2) is 26.4 Å². The van der Waals surface area contributed by atoms with Gasteiger partial charge in [-0.25, -0.2) is 0 Å². The Morgan fingerprint density at radius 1 is 1.21 bits per heavy atom. The van der Waals surface area contributed by atoms with Gasteiger partial charge in [-0.2, -0.15) is 0 Å². The highest BCUT2D eigenvalue weighted by Gasteiger charge is 2.15. The van der Waals surface area contributed by atoms with E-state index in [1.54, 1.807) is 0 Å². The Hall–Kier alpha value is -1.06. The summed E-state index contributed by atoms with van der Waals surface area (Å²) < 4.78 is 11.6. The summed E-state index contributed by atoms with van der Waals surface area (Å²) in [4.78, 5) is 0. The highest BCUT2D eigenvalue weighted by molar-refractivity contribution is 5.36. The third-order valence-electron chi connectivity index (χ3n) is 3.19. The molecule has 0 aliphatic rings. The van der Waals surface area contributed by atoms with Gasteiger partial charge in [0.05, 0.1) is 25.4 Å². The largest absolute Gasteiger partial charge is 0.494 e. The smallest absolute Gasteiger partial charge is 0.124 e. The minimum absolute atomic E-state index is 0.169. The molecule has 0 saturated heterocycles. The number of hydrogen-bond acceptors (Lipinski definition) is 3. The SMILES string of the molecule is CCCC(C)OCC(NC)c1ccccc1OCC. The molecule has 0 heterocycles. The van der Waals surface area contributed by atoms with Crippen molar-refractivity contribution in [2.45, 2.75) is 45.8 Å². The van der Waals surface area contributed by atoms with Crippen molar-refractivity contribution in [1.82, 2.24) is 5.32 Å². The average molecular weight is 265 g/mol. The van der Waals surface area contributed by atoms with Gasteiger partial charge in [0, 0.05) is 5.56 Å². The molecule has 108 valence electrons. The molecule has 0 aliphatic heterocycles. The topological polar surface area (TPSA) is 30.5 Å². The van der Waals surface area contributed by atoms with E-state index < -0.39 is 0 Å². The molecule has 1 N–H and O–H groups in total. The lowest BCUT2D eigenvalue weighted by Gasteiger charge is -2.22. The van der Waals surface area contributed by atoms with Crippen LogP contribution in [0.15, 0.2) is 24.3 Å². The maximum atomic E-state index is 5.90. The average Bonchev–Trinajstić information content (AvgIpc) is 2.42. The van der Waals surface area contributed by atoms with Crippen molar-refractivity contribution in [2.75, 3.05) is 20.3 Å². The molecule has 0 aromatic heterocycles. The van der Waals surface area contributed by atoms with Crippen molar-refractivity contribution in [3.8, 4) is 5.75 Å². The Morgan fingerprint density at radius 2 is 1.95 bits per heavy atom. The van der Waals surface area contributed by atoms with E-state index in [0.29, 0.717) is 19.3 Å². The minimum atomic E-state index is 0.169. The lowest BCUT2D eigenvalue weighted by Crippen LogP contribution is -2.24. The van der Waals surface area contributed by atoms with Crippen molar-refractivity contribution in [3.63, 3.8) is 0 Å². The van der Waals surface area contributed by atoms with Gasteiger partial charge in [0.2, 0.25) is 0 Å². The van der Waals surface area contributed by atoms with Crippen LogP contribution in [0, 0.1) is 0 Å². The molecule has 0 radical (unpaired) electrons. The number of likely N-dealkylation sites (N-methyl/N-ethyl adjacent to an activating group) is 1. The molecule has 0 saturated carbocycles. The summed E-state index contributed by atoms with van der Waals surface area (Å²) in [7, 11) is 1.96. The molecule has 0 amide bonds. The van der Waals surface area contributed by atoms with E-state index >= 15 is 0 Å². The van der Waals surface area contributed by atoms with Crippen LogP contribution in [0.2, 0.25) is 0 Å². The summed E-state index contributed by atoms with van der Waals surface area (Å²) >= 11 is 0. The molecule has 3 heteroatoms. The van der Waals surface area contributed by atoms with Crippen LogP contribution < -0.4 is 10.1 Å². The zero-order valence-corrected chi connectivity index (χ0v) is 12.6. The van der Waals surface area contributed by atoms with Crippen LogP contribution in [0.4, 0.5) is 0 Å². The van der Waals surface area contributed by atoms with Gasteiger partial charge in [-0.3, -0.25) is 0 Å². The van der Waals surface area contributed by atoms with Crippen LogP contribution in [0.3, 0.4) is 0 Å². The molecule has 0 aliphatic carbocycles. The molecule has 1 rings (SSSR count). The third-order valence-corrected chi connectivity index (χ3v) is 3.19. The summed E-state index contributed by atoms with van der Waals surface area (Å²) in [5.74, 6) is 0.941. The molecule has 0 spiro atoms. The zero-order chi connectivity index (χ0) is 14.1. The summed E-state index contributed by atoms with van der Waals surface area (Å²) in [5.41, 5.74) is 1.16. The fourth-order valence-electron chi connectivity index (χ4n) is 2.13. The van der Waals surface area contributed by atoms with Gasteiger partial charge in [-0.05, 0) is 33.4 Å². The van der Waals surface area contributed by atoms with Crippen LogP contribution >= 0.6 is 0 Å². The Balaban J connectivity index is 2.68. The summed E-state index contributed by atoms with van der Waals surface area (Å²) in [6, 6.07) is 8.32. The lowest BCUT2D eigenvalue weighted by atomic mass is 10.1. The molecular formula is C16H27NO2. The molecule has 19 heavy (non-hydrogen) atoms. The summed E-state index contributed by atoms with van der Waals surface area (Å²) in [5, 5.41) is 3.31. The van der Waals surface area contributed by atoms with Crippen molar-refractivity contribution in [1.29, 1.82) is 0 Å². The zero-order valence-electron chi connectivity index (χ0n) is 12.6. The fraction of sp³-hybridized carbons (Fsp3) is 0.625. The number of benzene rings is 1. The van der Waals surface area contributed by atoms with Gasteiger partial charge >= 0.3 is 0 Å². The van der Waals surface area contributed by atoms with E-state index in [9.17, 15) is 0 Å². The Bertz CT molecular complexity index is 354. The van der Waals surface area contributed by atoms with Crippen molar-refractivity contribution >= 4 is 0 Å². The summed E-state index contributed by atoms with van der Waals surface area (Å²) in [6.07, 6.45) is 2.56. The highest BCUT2D eigenvalue weighted by atomic mass is 16.5. The highest BCUT2D eigenvalue weighted by Crippen LogP contribution is 2.25. The van der Waals surface area contributed by atoms with Gasteiger partial charge in [0.15, 0.2) is 0 Å². The summed E-state index contributed by atoms with van der Waals surface area (Å²) in [6.45, 7) is 7.66. The lowest BCUT2D eigenvalue weighted by molar-refractivity contribution is 0.0448. The molecule has 1 aromatic rings.